The predicted octanol–water partition coefficient (Wildman–Crippen LogP) is 3.59. The fourth-order valence-corrected chi connectivity index (χ4v) is 4.59. The molecule has 0 aromatic heterocycles. The van der Waals surface area contributed by atoms with Crippen molar-refractivity contribution in [2.75, 3.05) is 13.7 Å². The largest absolute Gasteiger partial charge is 0.494 e. The van der Waals surface area contributed by atoms with Gasteiger partial charge in [0, 0.05) is 19.2 Å². The van der Waals surface area contributed by atoms with Crippen molar-refractivity contribution in [3.8, 4) is 0 Å². The minimum Gasteiger partial charge on any atom is -0.494 e. The van der Waals surface area contributed by atoms with E-state index in [2.05, 4.69) is 37.9 Å². The molecule has 1 saturated heterocycles. The van der Waals surface area contributed by atoms with Crippen molar-refractivity contribution in [3.05, 3.63) is 34.9 Å². The van der Waals surface area contributed by atoms with Crippen molar-refractivity contribution < 1.29 is 9.84 Å². The standard InChI is InChI=1S/C15H25NO2Si/c1-18-14-10-7-11-16(14)15(17)12-8-5-6-9-13(12)19(2,3)4/h5,8-9,14,17H,6-7,10-11H2,1-4H3/b15-12-/t14-/m1/s1. The lowest BCUT2D eigenvalue weighted by atomic mass is 10.1. The molecule has 0 amide bonds. The van der Waals surface area contributed by atoms with E-state index in [4.69, 9.17) is 4.74 Å². The van der Waals surface area contributed by atoms with Crippen LogP contribution < -0.4 is 0 Å². The summed E-state index contributed by atoms with van der Waals surface area (Å²) in [6.07, 6.45) is 9.53. The Labute approximate surface area is 117 Å². The molecule has 1 heterocycles. The maximum absolute atomic E-state index is 10.7. The second kappa shape index (κ2) is 5.55. The Morgan fingerprint density at radius 2 is 2.16 bits per heavy atom. The number of rotatable bonds is 3. The molecule has 2 aliphatic rings. The third-order valence-corrected chi connectivity index (χ3v) is 5.91. The highest BCUT2D eigenvalue weighted by Gasteiger charge is 2.31. The zero-order valence-corrected chi connectivity index (χ0v) is 13.4. The Hall–Kier alpha value is -1.00. The first-order chi connectivity index (χ1) is 8.95. The Balaban J connectivity index is 2.35. The van der Waals surface area contributed by atoms with Crippen LogP contribution in [-0.4, -0.2) is 38.0 Å². The van der Waals surface area contributed by atoms with E-state index in [0.29, 0.717) is 5.88 Å². The van der Waals surface area contributed by atoms with E-state index >= 15 is 0 Å². The second-order valence-electron chi connectivity index (χ2n) is 6.27. The van der Waals surface area contributed by atoms with Crippen LogP contribution in [0.2, 0.25) is 19.6 Å². The molecule has 19 heavy (non-hydrogen) atoms. The third-order valence-electron chi connectivity index (χ3n) is 3.82. The summed E-state index contributed by atoms with van der Waals surface area (Å²) in [5.41, 5.74) is 1.01. The van der Waals surface area contributed by atoms with Gasteiger partial charge in [0.1, 0.15) is 6.23 Å². The first kappa shape index (κ1) is 14.4. The van der Waals surface area contributed by atoms with Crippen molar-refractivity contribution in [2.45, 2.75) is 45.1 Å². The highest BCUT2D eigenvalue weighted by atomic mass is 28.3. The van der Waals surface area contributed by atoms with Crippen LogP contribution in [0.3, 0.4) is 0 Å². The van der Waals surface area contributed by atoms with E-state index < -0.39 is 8.07 Å². The number of hydrogen-bond donors (Lipinski definition) is 1. The lowest BCUT2D eigenvalue weighted by Gasteiger charge is -2.30. The number of nitrogens with zero attached hydrogens (tertiary/aromatic N) is 1. The number of ether oxygens (including phenoxy) is 1. The van der Waals surface area contributed by atoms with Crippen LogP contribution in [0, 0.1) is 0 Å². The fourth-order valence-electron chi connectivity index (χ4n) is 2.85. The van der Waals surface area contributed by atoms with Crippen molar-refractivity contribution in [1.82, 2.24) is 4.90 Å². The number of aliphatic hydroxyl groups excluding tert-OH is 1. The summed E-state index contributed by atoms with van der Waals surface area (Å²) in [5.74, 6) is 0.397. The van der Waals surface area contributed by atoms with Crippen molar-refractivity contribution in [3.63, 3.8) is 0 Å². The Morgan fingerprint density at radius 3 is 2.79 bits per heavy atom. The zero-order valence-electron chi connectivity index (χ0n) is 12.4. The molecule has 3 nitrogen and oxygen atoms in total. The Bertz CT molecular complexity index is 432. The van der Waals surface area contributed by atoms with Gasteiger partial charge in [-0.15, -0.1) is 0 Å². The van der Waals surface area contributed by atoms with Crippen molar-refractivity contribution in [1.29, 1.82) is 0 Å². The number of allylic oxidation sites excluding steroid dienone is 5. The van der Waals surface area contributed by atoms with E-state index in [1.54, 1.807) is 7.11 Å². The molecular formula is C15H25NO2Si. The van der Waals surface area contributed by atoms with Crippen LogP contribution in [-0.2, 0) is 4.74 Å². The zero-order chi connectivity index (χ0) is 14.0. The summed E-state index contributed by atoms with van der Waals surface area (Å²) in [4.78, 5) is 2.00. The number of hydrogen-bond acceptors (Lipinski definition) is 3. The maximum atomic E-state index is 10.7. The summed E-state index contributed by atoms with van der Waals surface area (Å²) in [6, 6.07) is 0. The molecular weight excluding hydrogens is 254 g/mol. The highest BCUT2D eigenvalue weighted by Crippen LogP contribution is 2.32. The molecule has 1 fully saturated rings. The van der Waals surface area contributed by atoms with Crippen LogP contribution in [0.15, 0.2) is 34.9 Å². The molecule has 0 bridgehead atoms. The van der Waals surface area contributed by atoms with Gasteiger partial charge in [0.15, 0.2) is 5.88 Å². The van der Waals surface area contributed by atoms with E-state index in [-0.39, 0.29) is 6.23 Å². The van der Waals surface area contributed by atoms with Crippen LogP contribution in [0.25, 0.3) is 0 Å². The molecule has 1 aliphatic heterocycles. The summed E-state index contributed by atoms with van der Waals surface area (Å²) >= 11 is 0. The van der Waals surface area contributed by atoms with E-state index in [9.17, 15) is 5.11 Å². The number of methoxy groups -OCH3 is 1. The summed E-state index contributed by atoms with van der Waals surface area (Å²) in [7, 11) is 0.274. The van der Waals surface area contributed by atoms with Gasteiger partial charge in [0.05, 0.1) is 8.07 Å². The lowest BCUT2D eigenvalue weighted by molar-refractivity contribution is -0.00902. The van der Waals surface area contributed by atoms with Gasteiger partial charge in [0.2, 0.25) is 0 Å². The van der Waals surface area contributed by atoms with Crippen LogP contribution in [0.5, 0.6) is 0 Å². The van der Waals surface area contributed by atoms with Crippen LogP contribution >= 0.6 is 0 Å². The van der Waals surface area contributed by atoms with Gasteiger partial charge in [0.25, 0.3) is 0 Å². The van der Waals surface area contributed by atoms with Gasteiger partial charge >= 0.3 is 0 Å². The number of aliphatic hydroxyl groups is 1. The highest BCUT2D eigenvalue weighted by molar-refractivity contribution is 6.84. The quantitative estimate of drug-likeness (QED) is 0.633. The third kappa shape index (κ3) is 2.95. The van der Waals surface area contributed by atoms with E-state index in [1.807, 2.05) is 4.90 Å². The molecule has 0 saturated carbocycles. The summed E-state index contributed by atoms with van der Waals surface area (Å²) < 4.78 is 5.46. The van der Waals surface area contributed by atoms with Crippen molar-refractivity contribution in [2.24, 2.45) is 0 Å². The molecule has 2 rings (SSSR count). The molecule has 0 spiro atoms. The minimum atomic E-state index is -1.44. The fraction of sp³-hybridized carbons (Fsp3) is 0.600. The molecule has 1 aliphatic carbocycles. The van der Waals surface area contributed by atoms with Gasteiger partial charge in [-0.2, -0.15) is 0 Å². The molecule has 0 radical (unpaired) electrons. The molecule has 0 unspecified atom stereocenters. The van der Waals surface area contributed by atoms with Gasteiger partial charge in [-0.25, -0.2) is 0 Å². The van der Waals surface area contributed by atoms with Gasteiger partial charge in [-0.3, -0.25) is 0 Å². The minimum absolute atomic E-state index is 0.0192. The Morgan fingerprint density at radius 1 is 1.42 bits per heavy atom. The molecule has 4 heteroatoms. The van der Waals surface area contributed by atoms with Gasteiger partial charge in [-0.05, 0) is 19.3 Å². The summed E-state index contributed by atoms with van der Waals surface area (Å²) in [6.45, 7) is 7.84. The normalized spacial score (nSPS) is 26.6. The van der Waals surface area contributed by atoms with E-state index in [1.165, 1.54) is 5.20 Å². The Kier molecular flexibility index (Phi) is 4.21. The average molecular weight is 279 g/mol. The second-order valence-corrected chi connectivity index (χ2v) is 11.3. The molecule has 0 aromatic carbocycles. The monoisotopic (exact) mass is 279 g/mol. The van der Waals surface area contributed by atoms with Crippen molar-refractivity contribution >= 4 is 8.07 Å². The molecule has 0 aromatic rings. The van der Waals surface area contributed by atoms with Crippen LogP contribution in [0.1, 0.15) is 19.3 Å². The smallest absolute Gasteiger partial charge is 0.196 e. The molecule has 106 valence electrons. The van der Waals surface area contributed by atoms with Gasteiger partial charge < -0.3 is 14.7 Å². The topological polar surface area (TPSA) is 32.7 Å². The maximum Gasteiger partial charge on any atom is 0.196 e. The SMILES string of the molecule is CO[C@@H]1CCCN1/C(O)=C1\C=CCC=C1[Si](C)(C)C. The molecule has 1 atom stereocenters. The molecule has 1 N–H and O–H groups in total. The summed E-state index contributed by atoms with van der Waals surface area (Å²) in [5, 5.41) is 12.0. The first-order valence-corrected chi connectivity index (χ1v) is 10.6. The number of likely N-dealkylation sites (tertiary alicyclic amines) is 1. The average Bonchev–Trinajstić information content (AvgIpc) is 2.85. The van der Waals surface area contributed by atoms with Crippen LogP contribution in [0.4, 0.5) is 0 Å². The first-order valence-electron chi connectivity index (χ1n) is 7.05. The predicted molar refractivity (Wildman–Crippen MR) is 81.6 cm³/mol. The lowest BCUT2D eigenvalue weighted by Crippen LogP contribution is -2.33. The van der Waals surface area contributed by atoms with E-state index in [0.717, 1.165) is 31.4 Å². The van der Waals surface area contributed by atoms with Gasteiger partial charge in [-0.1, -0.05) is 43.1 Å².